The van der Waals surface area contributed by atoms with E-state index in [1.54, 1.807) is 6.26 Å². The van der Waals surface area contributed by atoms with Gasteiger partial charge >= 0.3 is 0 Å². The molecule has 1 heterocycles. The smallest absolute Gasteiger partial charge is 0.224 e. The van der Waals surface area contributed by atoms with Gasteiger partial charge in [0, 0.05) is 17.0 Å². The van der Waals surface area contributed by atoms with Gasteiger partial charge in [0.1, 0.15) is 5.58 Å². The quantitative estimate of drug-likeness (QED) is 0.918. The lowest BCUT2D eigenvalue weighted by Crippen LogP contribution is -2.41. The number of fused-ring (bicyclic) bond motifs is 1. The van der Waals surface area contributed by atoms with Gasteiger partial charge in [0.05, 0.1) is 12.7 Å². The molecule has 1 aliphatic rings. The van der Waals surface area contributed by atoms with Crippen LogP contribution in [0, 0.1) is 5.92 Å². The molecule has 0 bridgehead atoms. The van der Waals surface area contributed by atoms with Crippen molar-refractivity contribution in [2.45, 2.75) is 58.4 Å². The highest BCUT2D eigenvalue weighted by Crippen LogP contribution is 2.25. The Morgan fingerprint density at radius 2 is 2.14 bits per heavy atom. The van der Waals surface area contributed by atoms with E-state index >= 15 is 0 Å². The topological polar surface area (TPSA) is 42.2 Å². The molecule has 0 aliphatic heterocycles. The molecule has 3 rings (SSSR count). The highest BCUT2D eigenvalue weighted by atomic mass is 16.3. The third-order valence-corrected chi connectivity index (χ3v) is 4.94. The van der Waals surface area contributed by atoms with Gasteiger partial charge in [-0.2, -0.15) is 0 Å². The van der Waals surface area contributed by atoms with Crippen LogP contribution in [0.1, 0.15) is 50.7 Å². The van der Waals surface area contributed by atoms with Crippen LogP contribution in [0.2, 0.25) is 0 Å². The molecule has 1 amide bonds. The van der Waals surface area contributed by atoms with Crippen LogP contribution in [0.3, 0.4) is 0 Å². The van der Waals surface area contributed by atoms with Crippen LogP contribution in [-0.2, 0) is 17.6 Å². The zero-order valence-electron chi connectivity index (χ0n) is 13.5. The fraction of sp³-hybridized carbons (Fsp3) is 0.526. The van der Waals surface area contributed by atoms with Crippen LogP contribution in [0.4, 0.5) is 0 Å². The zero-order chi connectivity index (χ0) is 15.5. The molecule has 118 valence electrons. The molecule has 1 aromatic heterocycles. The SMILES string of the molecule is CCc1ccc2c(CC(=O)NC3CCCCC3C)coc2c1. The average Bonchev–Trinajstić information content (AvgIpc) is 2.91. The highest BCUT2D eigenvalue weighted by molar-refractivity contribution is 5.88. The van der Waals surface area contributed by atoms with E-state index in [9.17, 15) is 4.79 Å². The predicted molar refractivity (Wildman–Crippen MR) is 88.9 cm³/mol. The van der Waals surface area contributed by atoms with Gasteiger partial charge in [-0.15, -0.1) is 0 Å². The molecule has 1 saturated carbocycles. The number of furan rings is 1. The Hall–Kier alpha value is -1.77. The van der Waals surface area contributed by atoms with E-state index in [1.807, 2.05) is 0 Å². The minimum Gasteiger partial charge on any atom is -0.464 e. The number of nitrogens with one attached hydrogen (secondary N) is 1. The number of carbonyl (C=O) groups is 1. The maximum atomic E-state index is 12.3. The summed E-state index contributed by atoms with van der Waals surface area (Å²) in [6.07, 6.45) is 7.98. The Kier molecular flexibility index (Phi) is 4.51. The van der Waals surface area contributed by atoms with Crippen molar-refractivity contribution in [3.8, 4) is 0 Å². The molecule has 0 saturated heterocycles. The fourth-order valence-corrected chi connectivity index (χ4v) is 3.45. The monoisotopic (exact) mass is 299 g/mol. The number of amides is 1. The molecule has 0 radical (unpaired) electrons. The number of carbonyl (C=O) groups excluding carboxylic acids is 1. The van der Waals surface area contributed by atoms with Gasteiger partial charge in [-0.1, -0.05) is 38.8 Å². The van der Waals surface area contributed by atoms with Crippen LogP contribution < -0.4 is 5.32 Å². The van der Waals surface area contributed by atoms with Crippen LogP contribution in [-0.4, -0.2) is 11.9 Å². The molecule has 1 aliphatic carbocycles. The van der Waals surface area contributed by atoms with E-state index in [2.05, 4.69) is 37.4 Å². The summed E-state index contributed by atoms with van der Waals surface area (Å²) in [6, 6.07) is 6.59. The molecule has 2 aromatic rings. The Morgan fingerprint density at radius 1 is 1.32 bits per heavy atom. The van der Waals surface area contributed by atoms with Crippen molar-refractivity contribution in [2.75, 3.05) is 0 Å². The summed E-state index contributed by atoms with van der Waals surface area (Å²) in [4.78, 5) is 12.3. The zero-order valence-corrected chi connectivity index (χ0v) is 13.5. The standard InChI is InChI=1S/C19H25NO2/c1-3-14-8-9-16-15(12-22-18(16)10-14)11-19(21)20-17-7-5-4-6-13(17)2/h8-10,12-13,17H,3-7,11H2,1-2H3,(H,20,21). The molecule has 22 heavy (non-hydrogen) atoms. The van der Waals surface area contributed by atoms with Crippen LogP contribution >= 0.6 is 0 Å². The van der Waals surface area contributed by atoms with Gasteiger partial charge in [-0.05, 0) is 36.8 Å². The van der Waals surface area contributed by atoms with Gasteiger partial charge in [-0.3, -0.25) is 4.79 Å². The van der Waals surface area contributed by atoms with Gasteiger partial charge < -0.3 is 9.73 Å². The number of rotatable bonds is 4. The number of hydrogen-bond acceptors (Lipinski definition) is 2. The van der Waals surface area contributed by atoms with Crippen molar-refractivity contribution < 1.29 is 9.21 Å². The van der Waals surface area contributed by atoms with Crippen molar-refractivity contribution in [3.05, 3.63) is 35.6 Å². The first-order valence-electron chi connectivity index (χ1n) is 8.45. The summed E-state index contributed by atoms with van der Waals surface area (Å²) in [7, 11) is 0. The van der Waals surface area contributed by atoms with E-state index < -0.39 is 0 Å². The lowest BCUT2D eigenvalue weighted by Gasteiger charge is -2.29. The van der Waals surface area contributed by atoms with Crippen molar-refractivity contribution >= 4 is 16.9 Å². The van der Waals surface area contributed by atoms with Crippen molar-refractivity contribution in [2.24, 2.45) is 5.92 Å². The second kappa shape index (κ2) is 6.55. The first kappa shape index (κ1) is 15.1. The van der Waals surface area contributed by atoms with E-state index in [1.165, 1.54) is 24.8 Å². The van der Waals surface area contributed by atoms with Crippen molar-refractivity contribution in [1.82, 2.24) is 5.32 Å². The molecule has 1 fully saturated rings. The maximum Gasteiger partial charge on any atom is 0.224 e. The fourth-order valence-electron chi connectivity index (χ4n) is 3.45. The predicted octanol–water partition coefficient (Wildman–Crippen LogP) is 4.23. The highest BCUT2D eigenvalue weighted by Gasteiger charge is 2.23. The number of aryl methyl sites for hydroxylation is 1. The number of hydrogen-bond donors (Lipinski definition) is 1. The largest absolute Gasteiger partial charge is 0.464 e. The number of benzene rings is 1. The van der Waals surface area contributed by atoms with Gasteiger partial charge in [-0.25, -0.2) is 0 Å². The van der Waals surface area contributed by atoms with E-state index in [0.717, 1.165) is 29.4 Å². The summed E-state index contributed by atoms with van der Waals surface area (Å²) in [5.74, 6) is 0.701. The molecule has 1 N–H and O–H groups in total. The van der Waals surface area contributed by atoms with Crippen molar-refractivity contribution in [1.29, 1.82) is 0 Å². The summed E-state index contributed by atoms with van der Waals surface area (Å²) in [5, 5.41) is 4.27. The molecule has 1 aromatic carbocycles. The van der Waals surface area contributed by atoms with Gasteiger partial charge in [0.25, 0.3) is 0 Å². The summed E-state index contributed by atoms with van der Waals surface area (Å²) >= 11 is 0. The Morgan fingerprint density at radius 3 is 2.91 bits per heavy atom. The Labute approximate surface area is 132 Å². The Bertz CT molecular complexity index is 658. The van der Waals surface area contributed by atoms with Gasteiger partial charge in [0.2, 0.25) is 5.91 Å². The lowest BCUT2D eigenvalue weighted by atomic mass is 9.86. The summed E-state index contributed by atoms with van der Waals surface area (Å²) in [5.41, 5.74) is 3.13. The molecule has 0 spiro atoms. The third-order valence-electron chi connectivity index (χ3n) is 4.94. The molecular formula is C19H25NO2. The molecule has 2 atom stereocenters. The second-order valence-corrected chi connectivity index (χ2v) is 6.56. The molecule has 2 unspecified atom stereocenters. The van der Waals surface area contributed by atoms with Crippen molar-refractivity contribution in [3.63, 3.8) is 0 Å². The molecular weight excluding hydrogens is 274 g/mol. The average molecular weight is 299 g/mol. The first-order valence-corrected chi connectivity index (χ1v) is 8.45. The second-order valence-electron chi connectivity index (χ2n) is 6.56. The Balaban J connectivity index is 1.68. The van der Waals surface area contributed by atoms with Crippen LogP contribution in [0.5, 0.6) is 0 Å². The first-order chi connectivity index (χ1) is 10.7. The maximum absolute atomic E-state index is 12.3. The van der Waals surface area contributed by atoms with E-state index in [0.29, 0.717) is 18.4 Å². The van der Waals surface area contributed by atoms with E-state index in [4.69, 9.17) is 4.42 Å². The van der Waals surface area contributed by atoms with Gasteiger partial charge in [0.15, 0.2) is 0 Å². The molecule has 3 nitrogen and oxygen atoms in total. The van der Waals surface area contributed by atoms with E-state index in [-0.39, 0.29) is 5.91 Å². The minimum atomic E-state index is 0.112. The van der Waals surface area contributed by atoms with Crippen LogP contribution in [0.25, 0.3) is 11.0 Å². The van der Waals surface area contributed by atoms with Crippen LogP contribution in [0.15, 0.2) is 28.9 Å². The third kappa shape index (κ3) is 3.18. The normalized spacial score (nSPS) is 21.9. The summed E-state index contributed by atoms with van der Waals surface area (Å²) < 4.78 is 5.62. The summed E-state index contributed by atoms with van der Waals surface area (Å²) in [6.45, 7) is 4.37. The minimum absolute atomic E-state index is 0.112. The molecule has 3 heteroatoms. The lowest BCUT2D eigenvalue weighted by molar-refractivity contribution is -0.121.